The maximum absolute atomic E-state index is 11.0. The van der Waals surface area contributed by atoms with Gasteiger partial charge < -0.3 is 28.7 Å². The van der Waals surface area contributed by atoms with Gasteiger partial charge in [0.05, 0.1) is 70.4 Å². The first-order valence-corrected chi connectivity index (χ1v) is 51.3. The van der Waals surface area contributed by atoms with Crippen LogP contribution in [0, 0.1) is 5.92 Å². The normalized spacial score (nSPS) is 25.8. The lowest BCUT2D eigenvalue weighted by Crippen LogP contribution is -2.50. The lowest BCUT2D eigenvalue weighted by atomic mass is 9.94. The summed E-state index contributed by atoms with van der Waals surface area (Å²) in [7, 11) is -0.994. The number of nitrogens with zero attached hydrogens (tertiary/aromatic N) is 12. The number of hydrogen-bond donors (Lipinski definition) is 0. The van der Waals surface area contributed by atoms with Crippen LogP contribution in [-0.2, 0) is 44.4 Å². The Labute approximate surface area is 745 Å². The van der Waals surface area contributed by atoms with Gasteiger partial charge in [-0.2, -0.15) is 0 Å². The Morgan fingerprint density at radius 2 is 0.711 bits per heavy atom. The molecule has 1 amide bonds. The molecule has 0 radical (unpaired) electrons. The summed E-state index contributed by atoms with van der Waals surface area (Å²) in [6, 6.07) is 43.2. The molecule has 698 valence electrons. The largest absolute Gasteiger partial charge is 0.379 e. The number of piperazine rings is 2. The molecule has 11 fully saturated rings. The molecule has 14 rings (SSSR count). The molecule has 121 heavy (non-hydrogen) atoms. The molecule has 0 spiro atoms. The van der Waals surface area contributed by atoms with Crippen molar-refractivity contribution in [2.75, 3.05) is 194 Å². The molecular formula is C99H182N12O8S2. The minimum absolute atomic E-state index is 0.207. The second-order valence-corrected chi connectivity index (χ2v) is 42.5. The molecule has 11 aliphatic rings. The first-order valence-electron chi connectivity index (χ1n) is 48.0. The van der Waals surface area contributed by atoms with E-state index in [1.54, 1.807) is 6.92 Å². The predicted octanol–water partition coefficient (Wildman–Crippen LogP) is 15.6. The zero-order valence-electron chi connectivity index (χ0n) is 81.7. The summed E-state index contributed by atoms with van der Waals surface area (Å²) >= 11 is 0. The van der Waals surface area contributed by atoms with Crippen molar-refractivity contribution in [2.24, 2.45) is 5.92 Å². The first-order chi connectivity index (χ1) is 57.5. The van der Waals surface area contributed by atoms with Crippen LogP contribution >= 0.6 is 0 Å². The highest BCUT2D eigenvalue weighted by Gasteiger charge is 2.38. The van der Waals surface area contributed by atoms with Crippen molar-refractivity contribution in [1.29, 1.82) is 0 Å². The van der Waals surface area contributed by atoms with E-state index < -0.39 is 20.6 Å². The topological polar surface area (TPSA) is 144 Å². The van der Waals surface area contributed by atoms with E-state index in [4.69, 9.17) is 18.9 Å². The zero-order valence-corrected chi connectivity index (χ0v) is 83.3. The van der Waals surface area contributed by atoms with Gasteiger partial charge in [0.1, 0.15) is 0 Å². The number of benzene rings is 3. The van der Waals surface area contributed by atoms with E-state index in [0.717, 1.165) is 160 Å². The van der Waals surface area contributed by atoms with Crippen LogP contribution in [0.4, 0.5) is 0 Å². The summed E-state index contributed by atoms with van der Waals surface area (Å²) in [4.78, 5) is 40.2. The third-order valence-electron chi connectivity index (χ3n) is 26.1. The number of ether oxygens (including phenoxy) is 4. The highest BCUT2D eigenvalue weighted by molar-refractivity contribution is 7.91. The fraction of sp³-hybridized carbons (Fsp3) is 0.808. The molecule has 7 unspecified atom stereocenters. The third-order valence-corrected chi connectivity index (χ3v) is 29.0. The van der Waals surface area contributed by atoms with Gasteiger partial charge in [0.15, 0.2) is 9.84 Å². The zero-order chi connectivity index (χ0) is 89.3. The summed E-state index contributed by atoms with van der Waals surface area (Å²) in [5.74, 6) is 3.58. The quantitative estimate of drug-likeness (QED) is 0.151. The molecule has 3 aromatic carbocycles. The number of hydrogen-bond acceptors (Lipinski definition) is 19. The molecular weight excluding hydrogens is 1550 g/mol. The summed E-state index contributed by atoms with van der Waals surface area (Å²) in [6.07, 6.45) is 11.2. The lowest BCUT2D eigenvalue weighted by Gasteiger charge is -2.42. The SMILES string of the molecule is CC(=O)N1CCN(C(C)C)CC1.CC(C)N1CCCCC1C.CC(C)N1CCCCC1c1ccccc1.CC(C)N1CCN(C)CC1c1ccccc1.CC(C)N1CCOCC1C.CC(C)N1CCOCC1C.CC(C)N1CCOCC1C1CC1.CC(C)N1CCOCC1c1ccccc1.CC(C)N1CCS(=O)(=O)CC1.CC(C)N1CCS(=O)CC1. The van der Waals surface area contributed by atoms with Gasteiger partial charge in [-0.3, -0.25) is 58.0 Å². The monoisotopic (exact) mass is 1730 g/mol. The van der Waals surface area contributed by atoms with Crippen molar-refractivity contribution in [2.45, 2.75) is 320 Å². The number of morpholine rings is 4. The van der Waals surface area contributed by atoms with Crippen molar-refractivity contribution >= 4 is 26.5 Å². The van der Waals surface area contributed by atoms with Crippen LogP contribution in [0.5, 0.6) is 0 Å². The summed E-state index contributed by atoms with van der Waals surface area (Å²) in [6.45, 7) is 78.2. The van der Waals surface area contributed by atoms with Crippen molar-refractivity contribution in [3.63, 3.8) is 0 Å². The Hall–Kier alpha value is -3.37. The summed E-state index contributed by atoms with van der Waals surface area (Å²) in [5, 5.41) is 0. The summed E-state index contributed by atoms with van der Waals surface area (Å²) < 4.78 is 54.6. The molecule has 22 heteroatoms. The minimum Gasteiger partial charge on any atom is -0.379 e. The van der Waals surface area contributed by atoms with Gasteiger partial charge in [-0.1, -0.05) is 104 Å². The maximum atomic E-state index is 11.0. The number of carbonyl (C=O) groups excluding carboxylic acids is 1. The van der Waals surface area contributed by atoms with E-state index in [2.05, 4.69) is 311 Å². The van der Waals surface area contributed by atoms with Crippen LogP contribution < -0.4 is 0 Å². The van der Waals surface area contributed by atoms with Crippen LogP contribution in [0.1, 0.15) is 252 Å². The van der Waals surface area contributed by atoms with E-state index in [1.165, 1.54) is 94.2 Å². The number of likely N-dealkylation sites (tertiary alicyclic amines) is 2. The molecule has 0 aromatic heterocycles. The van der Waals surface area contributed by atoms with Crippen LogP contribution in [0.25, 0.3) is 0 Å². The van der Waals surface area contributed by atoms with E-state index in [0.29, 0.717) is 109 Å². The molecule has 10 aliphatic heterocycles. The highest BCUT2D eigenvalue weighted by Crippen LogP contribution is 2.38. The molecule has 1 aliphatic carbocycles. The smallest absolute Gasteiger partial charge is 0.219 e. The Morgan fingerprint density at radius 3 is 1.11 bits per heavy atom. The van der Waals surface area contributed by atoms with Gasteiger partial charge in [-0.15, -0.1) is 0 Å². The Morgan fingerprint density at radius 1 is 0.355 bits per heavy atom. The van der Waals surface area contributed by atoms with E-state index in [1.807, 2.05) is 4.90 Å². The molecule has 0 bridgehead atoms. The molecule has 20 nitrogen and oxygen atoms in total. The van der Waals surface area contributed by atoms with Crippen LogP contribution in [0.3, 0.4) is 0 Å². The second kappa shape index (κ2) is 58.2. The lowest BCUT2D eigenvalue weighted by molar-refractivity contribution is -0.130. The number of rotatable bonds is 14. The van der Waals surface area contributed by atoms with Gasteiger partial charge in [0, 0.05) is 224 Å². The molecule has 1 saturated carbocycles. The number of likely N-dealkylation sites (N-methyl/N-ethyl adjacent to an activating group) is 1. The number of carbonyl (C=O) groups is 1. The average Bonchev–Trinajstić information content (AvgIpc) is 1.55. The van der Waals surface area contributed by atoms with Crippen molar-refractivity contribution in [3.8, 4) is 0 Å². The molecule has 10 heterocycles. The van der Waals surface area contributed by atoms with Crippen LogP contribution in [0.15, 0.2) is 91.0 Å². The third kappa shape index (κ3) is 40.5. The molecule has 3 aromatic rings. The van der Waals surface area contributed by atoms with Gasteiger partial charge >= 0.3 is 0 Å². The predicted molar refractivity (Wildman–Crippen MR) is 513 cm³/mol. The Kier molecular flexibility index (Phi) is 52.1. The van der Waals surface area contributed by atoms with E-state index >= 15 is 0 Å². The average molecular weight is 1730 g/mol. The van der Waals surface area contributed by atoms with E-state index in [9.17, 15) is 17.4 Å². The fourth-order valence-electron chi connectivity index (χ4n) is 18.4. The van der Waals surface area contributed by atoms with Crippen molar-refractivity contribution in [3.05, 3.63) is 108 Å². The number of piperidine rings is 2. The second-order valence-electron chi connectivity index (χ2n) is 38.5. The first kappa shape index (κ1) is 108. The van der Waals surface area contributed by atoms with Crippen LogP contribution in [0.2, 0.25) is 0 Å². The van der Waals surface area contributed by atoms with Crippen LogP contribution in [-0.4, -0.2) is 356 Å². The molecule has 10 saturated heterocycles. The van der Waals surface area contributed by atoms with Gasteiger partial charge in [0.2, 0.25) is 5.91 Å². The molecule has 0 N–H and O–H groups in total. The minimum atomic E-state index is -2.69. The maximum Gasteiger partial charge on any atom is 0.219 e. The van der Waals surface area contributed by atoms with E-state index in [-0.39, 0.29) is 5.91 Å². The van der Waals surface area contributed by atoms with Gasteiger partial charge in [-0.05, 0) is 241 Å². The summed E-state index contributed by atoms with van der Waals surface area (Å²) in [5.41, 5.74) is 4.31. The highest BCUT2D eigenvalue weighted by atomic mass is 32.2. The Balaban J connectivity index is 0.000000240. The Bertz CT molecular complexity index is 3120. The fourth-order valence-corrected chi connectivity index (χ4v) is 20.7. The number of amides is 1. The van der Waals surface area contributed by atoms with Crippen molar-refractivity contribution in [1.82, 2.24) is 58.8 Å². The van der Waals surface area contributed by atoms with Gasteiger partial charge in [0.25, 0.3) is 0 Å². The van der Waals surface area contributed by atoms with Gasteiger partial charge in [-0.25, -0.2) is 8.42 Å². The number of sulfone groups is 1. The van der Waals surface area contributed by atoms with Crippen molar-refractivity contribution < 1.29 is 36.4 Å². The standard InChI is InChI=1S/C14H22N2.C14H21N.C13H19NO.C10H19NO.C9H18N2O.C9H19N.2C8H17NO.C7H15NO2S.C7H15NOS/c1-12(2)16-10-9-15(3)11-14(16)13-7-5-4-6-8-13;1-12(2)15-11-7-6-10-14(15)13-8-4-3-5-9-13;1-11(2)14-8-9-15-10-13(14)12-6-4-3-5-7-12;1-8(2)11-5-6-12-7-10(11)9-3-4-9;1-8(2)10-4-6-11(7-5-10)9(3)12;1-8(2)10-7-5-4-6-9(10)3;2*1-7(2)9-4-5-10-6-8(9)3;1-7(2)8-3-5-11(9,10)6-4-8;1-7(2)8-3-5-10(9)6-4-8/h4-8,12,14H,9-11H2,1-3H3;3-5,8-9,12,14H,6-7,10-11H2,1-2H3;3-7,11,13H,8-10H2,1-2H3;8-10H,3-7H2,1-2H3;8H,4-7H2,1-3H3;8-9H,4-7H2,1-3H3;2*7-8H,4-6H2,1-3H3;7H,3-6H2,1-2H3;7H,3-6H2,1-2H3. The molecule has 7 atom stereocenters.